The Morgan fingerprint density at radius 1 is 1.18 bits per heavy atom. The lowest BCUT2D eigenvalue weighted by Crippen LogP contribution is -2.37. The van der Waals surface area contributed by atoms with E-state index in [1.807, 2.05) is 30.6 Å². The first-order valence-corrected chi connectivity index (χ1v) is 11.4. The molecular formula is C24H29N7O3. The number of pyridine rings is 1. The number of amides is 1. The topological polar surface area (TPSA) is 107 Å². The summed E-state index contributed by atoms with van der Waals surface area (Å²) in [5.41, 5.74) is 3.76. The van der Waals surface area contributed by atoms with Crippen LogP contribution in [0.25, 0.3) is 22.2 Å². The van der Waals surface area contributed by atoms with E-state index in [-0.39, 0.29) is 17.6 Å². The van der Waals surface area contributed by atoms with Crippen LogP contribution in [0.15, 0.2) is 36.8 Å². The van der Waals surface area contributed by atoms with Gasteiger partial charge in [-0.15, -0.1) is 5.10 Å². The van der Waals surface area contributed by atoms with Crippen LogP contribution in [-0.2, 0) is 4.74 Å². The molecule has 4 aromatic heterocycles. The van der Waals surface area contributed by atoms with Gasteiger partial charge in [0, 0.05) is 38.2 Å². The van der Waals surface area contributed by atoms with E-state index in [0.29, 0.717) is 17.4 Å². The predicted molar refractivity (Wildman–Crippen MR) is 128 cm³/mol. The molecule has 178 valence electrons. The molecule has 0 aromatic carbocycles. The average Bonchev–Trinajstić information content (AvgIpc) is 3.48. The second-order valence-electron chi connectivity index (χ2n) is 8.92. The van der Waals surface area contributed by atoms with Crippen molar-refractivity contribution < 1.29 is 14.3 Å². The minimum atomic E-state index is -0.181. The highest BCUT2D eigenvalue weighted by atomic mass is 16.5. The molecule has 0 spiro atoms. The fraction of sp³-hybridized carbons (Fsp3) is 0.417. The van der Waals surface area contributed by atoms with Gasteiger partial charge in [0.2, 0.25) is 11.8 Å². The molecule has 0 saturated heterocycles. The van der Waals surface area contributed by atoms with Crippen LogP contribution in [0.4, 0.5) is 5.95 Å². The van der Waals surface area contributed by atoms with Crippen molar-refractivity contribution in [2.75, 3.05) is 26.6 Å². The molecule has 1 amide bonds. The molecule has 5 rings (SSSR count). The van der Waals surface area contributed by atoms with E-state index in [4.69, 9.17) is 14.6 Å². The van der Waals surface area contributed by atoms with Gasteiger partial charge in [0.1, 0.15) is 5.52 Å². The molecule has 4 heterocycles. The van der Waals surface area contributed by atoms with Gasteiger partial charge < -0.3 is 20.1 Å². The monoisotopic (exact) mass is 463 g/mol. The molecule has 10 heteroatoms. The normalized spacial score (nSPS) is 20.5. The van der Waals surface area contributed by atoms with Crippen LogP contribution in [0.5, 0.6) is 5.88 Å². The number of methoxy groups -OCH3 is 2. The largest absolute Gasteiger partial charge is 0.479 e. The molecular weight excluding hydrogens is 434 g/mol. The number of hydrogen-bond acceptors (Lipinski definition) is 7. The van der Waals surface area contributed by atoms with Gasteiger partial charge in [-0.05, 0) is 56.4 Å². The number of ether oxygens (including phenoxy) is 2. The smallest absolute Gasteiger partial charge is 0.254 e. The number of aromatic nitrogens is 5. The summed E-state index contributed by atoms with van der Waals surface area (Å²) in [7, 11) is 5.00. The number of carbonyl (C=O) groups excluding carboxylic acids is 1. The van der Waals surface area contributed by atoms with Crippen molar-refractivity contribution in [2.24, 2.45) is 0 Å². The third kappa shape index (κ3) is 3.83. The van der Waals surface area contributed by atoms with Crippen LogP contribution >= 0.6 is 0 Å². The fourth-order valence-corrected chi connectivity index (χ4v) is 4.65. The summed E-state index contributed by atoms with van der Waals surface area (Å²) in [4.78, 5) is 16.9. The van der Waals surface area contributed by atoms with E-state index in [0.717, 1.165) is 47.8 Å². The maximum absolute atomic E-state index is 12.2. The Balaban J connectivity index is 1.48. The van der Waals surface area contributed by atoms with Crippen molar-refractivity contribution >= 4 is 22.9 Å². The van der Waals surface area contributed by atoms with Crippen molar-refractivity contribution in [3.8, 4) is 17.0 Å². The number of rotatable bonds is 6. The van der Waals surface area contributed by atoms with Crippen molar-refractivity contribution in [1.29, 1.82) is 0 Å². The average molecular weight is 464 g/mol. The first kappa shape index (κ1) is 22.1. The Morgan fingerprint density at radius 3 is 2.65 bits per heavy atom. The number of fused-ring (bicyclic) bond motifs is 2. The summed E-state index contributed by atoms with van der Waals surface area (Å²) in [6, 6.07) is 6.15. The van der Waals surface area contributed by atoms with Gasteiger partial charge in [-0.1, -0.05) is 0 Å². The quantitative estimate of drug-likeness (QED) is 0.452. The van der Waals surface area contributed by atoms with Crippen molar-refractivity contribution in [1.82, 2.24) is 29.5 Å². The zero-order chi connectivity index (χ0) is 23.9. The van der Waals surface area contributed by atoms with E-state index in [9.17, 15) is 4.79 Å². The highest BCUT2D eigenvalue weighted by Crippen LogP contribution is 2.34. The number of hydrogen-bond donors (Lipinski definition) is 2. The lowest BCUT2D eigenvalue weighted by atomic mass is 9.83. The maximum Gasteiger partial charge on any atom is 0.254 e. The van der Waals surface area contributed by atoms with Crippen molar-refractivity contribution in [3.63, 3.8) is 0 Å². The molecule has 0 radical (unpaired) electrons. The van der Waals surface area contributed by atoms with Gasteiger partial charge in [0.05, 0.1) is 30.0 Å². The molecule has 0 atom stereocenters. The van der Waals surface area contributed by atoms with E-state index >= 15 is 0 Å². The van der Waals surface area contributed by atoms with E-state index in [2.05, 4.69) is 27.6 Å². The fourth-order valence-electron chi connectivity index (χ4n) is 4.65. The molecule has 1 aliphatic rings. The highest BCUT2D eigenvalue weighted by Gasteiger charge is 2.31. The third-order valence-electron chi connectivity index (χ3n) is 6.85. The molecule has 0 unspecified atom stereocenters. The van der Waals surface area contributed by atoms with Gasteiger partial charge in [0.15, 0.2) is 0 Å². The Kier molecular flexibility index (Phi) is 5.60. The van der Waals surface area contributed by atoms with E-state index in [1.165, 1.54) is 0 Å². The Labute approximate surface area is 197 Å². The Bertz CT molecular complexity index is 1350. The van der Waals surface area contributed by atoms with Crippen molar-refractivity contribution in [3.05, 3.63) is 42.4 Å². The first-order valence-electron chi connectivity index (χ1n) is 11.4. The zero-order valence-corrected chi connectivity index (χ0v) is 19.8. The zero-order valence-electron chi connectivity index (χ0n) is 19.8. The second-order valence-corrected chi connectivity index (χ2v) is 8.92. The van der Waals surface area contributed by atoms with Crippen LogP contribution in [0.1, 0.15) is 43.0 Å². The number of nitrogens with zero attached hydrogens (tertiary/aromatic N) is 5. The minimum Gasteiger partial charge on any atom is -0.479 e. The van der Waals surface area contributed by atoms with Gasteiger partial charge in [-0.2, -0.15) is 10.1 Å². The molecule has 0 aliphatic heterocycles. The summed E-state index contributed by atoms with van der Waals surface area (Å²) in [5, 5.41) is 15.1. The van der Waals surface area contributed by atoms with Gasteiger partial charge in [-0.3, -0.25) is 4.79 Å². The molecule has 1 saturated carbocycles. The third-order valence-corrected chi connectivity index (χ3v) is 6.85. The summed E-state index contributed by atoms with van der Waals surface area (Å²) in [6.45, 7) is 2.16. The van der Waals surface area contributed by atoms with Crippen LogP contribution in [0.3, 0.4) is 0 Å². The molecule has 34 heavy (non-hydrogen) atoms. The Morgan fingerprint density at radius 2 is 1.94 bits per heavy atom. The lowest BCUT2D eigenvalue weighted by molar-refractivity contribution is -0.0253. The minimum absolute atomic E-state index is 0.0513. The molecule has 1 aliphatic carbocycles. The Hall–Kier alpha value is -3.66. The lowest BCUT2D eigenvalue weighted by Gasteiger charge is -2.36. The predicted octanol–water partition coefficient (Wildman–Crippen LogP) is 3.17. The standard InChI is InChI=1S/C24H29N7O3/c1-24(34-4)9-5-16(6-10-24)27-23-28-22(33-3)20-17(8-12-31(20)29-23)15-7-11-30-19(13-15)18(14-26-30)21(32)25-2/h7-8,11-14,16H,5-6,9-10H2,1-4H3,(H,25,32)(H,27,29). The summed E-state index contributed by atoms with van der Waals surface area (Å²) < 4.78 is 14.8. The van der Waals surface area contributed by atoms with Crippen LogP contribution < -0.4 is 15.4 Å². The molecule has 1 fully saturated rings. The van der Waals surface area contributed by atoms with Crippen molar-refractivity contribution in [2.45, 2.75) is 44.2 Å². The summed E-state index contributed by atoms with van der Waals surface area (Å²) >= 11 is 0. The molecule has 2 N–H and O–H groups in total. The van der Waals surface area contributed by atoms with Crippen LogP contribution in [0, 0.1) is 0 Å². The number of carbonyl (C=O) groups is 1. The summed E-state index contributed by atoms with van der Waals surface area (Å²) in [6.07, 6.45) is 9.25. The number of anilines is 1. The van der Waals surface area contributed by atoms with Crippen LogP contribution in [-0.4, -0.2) is 63.0 Å². The van der Waals surface area contributed by atoms with Gasteiger partial charge in [0.25, 0.3) is 5.91 Å². The first-order chi connectivity index (χ1) is 16.4. The van der Waals surface area contributed by atoms with E-state index in [1.54, 1.807) is 36.5 Å². The molecule has 4 aromatic rings. The number of nitrogens with one attached hydrogen (secondary N) is 2. The highest BCUT2D eigenvalue weighted by molar-refractivity contribution is 6.01. The second kappa shape index (κ2) is 8.60. The van der Waals surface area contributed by atoms with Gasteiger partial charge in [-0.25, -0.2) is 9.03 Å². The maximum atomic E-state index is 12.2. The molecule has 10 nitrogen and oxygen atoms in total. The SMILES string of the molecule is CNC(=O)c1cnn2ccc(-c3ccn4nc(NC5CCC(C)(OC)CC5)nc(OC)c34)cc12. The molecule has 0 bridgehead atoms. The summed E-state index contributed by atoms with van der Waals surface area (Å²) in [5.74, 6) is 0.833. The van der Waals surface area contributed by atoms with Gasteiger partial charge >= 0.3 is 0 Å². The van der Waals surface area contributed by atoms with Crippen LogP contribution in [0.2, 0.25) is 0 Å². The van der Waals surface area contributed by atoms with E-state index < -0.39 is 0 Å².